The van der Waals surface area contributed by atoms with E-state index < -0.39 is 16.0 Å². The number of piperidine rings is 1. The maximum absolute atomic E-state index is 11.7. The summed E-state index contributed by atoms with van der Waals surface area (Å²) in [6, 6.07) is 2.88. The summed E-state index contributed by atoms with van der Waals surface area (Å²) < 4.78 is 0. The summed E-state index contributed by atoms with van der Waals surface area (Å²) in [7, 11) is 0. The highest BCUT2D eigenvalue weighted by molar-refractivity contribution is 5.85. The number of nitrogens with zero attached hydrogens (tertiary/aromatic N) is 2. The number of H-pyrrole nitrogens is 2. The molecule has 1 saturated heterocycles. The molecule has 1 unspecified atom stereocenters. The molecule has 10 heteroatoms. The number of nitro benzene ring substituents is 1. The van der Waals surface area contributed by atoms with E-state index in [1.54, 1.807) is 0 Å². The number of aromatic nitrogens is 2. The minimum atomic E-state index is -0.838. The Morgan fingerprint density at radius 3 is 2.65 bits per heavy atom. The average Bonchev–Trinajstić information content (AvgIpc) is 2.58. The third-order valence-electron chi connectivity index (χ3n) is 4.69. The van der Waals surface area contributed by atoms with Crippen LogP contribution in [0.1, 0.15) is 31.2 Å². The first-order valence-electron chi connectivity index (χ1n) is 8.28. The molecule has 3 N–H and O–H groups in total. The van der Waals surface area contributed by atoms with Gasteiger partial charge in [0, 0.05) is 31.3 Å². The van der Waals surface area contributed by atoms with E-state index in [0.717, 1.165) is 25.8 Å². The highest BCUT2D eigenvalue weighted by atomic mass is 35.5. The van der Waals surface area contributed by atoms with Crippen LogP contribution in [-0.2, 0) is 6.54 Å². The molecule has 0 spiro atoms. The van der Waals surface area contributed by atoms with Crippen LogP contribution in [0.25, 0.3) is 11.0 Å². The van der Waals surface area contributed by atoms with Crippen LogP contribution in [0.5, 0.6) is 0 Å². The van der Waals surface area contributed by atoms with Crippen LogP contribution >= 0.6 is 12.4 Å². The summed E-state index contributed by atoms with van der Waals surface area (Å²) >= 11 is 0. The van der Waals surface area contributed by atoms with Gasteiger partial charge in [0.1, 0.15) is 0 Å². The number of hydrogen-bond donors (Lipinski definition) is 3. The highest BCUT2D eigenvalue weighted by Gasteiger charge is 2.24. The molecule has 9 nitrogen and oxygen atoms in total. The predicted octanol–water partition coefficient (Wildman–Crippen LogP) is 1.28. The van der Waals surface area contributed by atoms with Crippen LogP contribution in [0, 0.1) is 10.1 Å². The van der Waals surface area contributed by atoms with Crippen LogP contribution in [0.2, 0.25) is 0 Å². The first-order valence-corrected chi connectivity index (χ1v) is 8.28. The Balaban J connectivity index is 0.00000243. The van der Waals surface area contributed by atoms with Crippen LogP contribution in [0.4, 0.5) is 5.69 Å². The molecule has 3 rings (SSSR count). The second kappa shape index (κ2) is 8.43. The van der Waals surface area contributed by atoms with E-state index in [1.165, 1.54) is 12.1 Å². The van der Waals surface area contributed by atoms with Gasteiger partial charge in [0.15, 0.2) is 0 Å². The van der Waals surface area contributed by atoms with Crippen LogP contribution in [0.3, 0.4) is 0 Å². The second-order valence-corrected chi connectivity index (χ2v) is 6.33. The Bertz CT molecular complexity index is 908. The molecule has 1 aliphatic heterocycles. The molecule has 1 aromatic carbocycles. The number of benzene rings is 1. The number of nitro groups is 1. The van der Waals surface area contributed by atoms with Crippen molar-refractivity contribution in [3.63, 3.8) is 0 Å². The van der Waals surface area contributed by atoms with Gasteiger partial charge in [-0.2, -0.15) is 0 Å². The number of aromatic amines is 2. The van der Waals surface area contributed by atoms with Crippen LogP contribution in [0.15, 0.2) is 21.7 Å². The van der Waals surface area contributed by atoms with Crippen LogP contribution < -0.4 is 11.1 Å². The van der Waals surface area contributed by atoms with Gasteiger partial charge >= 0.3 is 11.1 Å². The molecule has 0 bridgehead atoms. The molecule has 0 aliphatic carbocycles. The van der Waals surface area contributed by atoms with Gasteiger partial charge in [-0.05, 0) is 31.4 Å². The minimum absolute atomic E-state index is 0. The summed E-state index contributed by atoms with van der Waals surface area (Å²) in [5.74, 6) is 0. The fourth-order valence-electron chi connectivity index (χ4n) is 3.47. The van der Waals surface area contributed by atoms with Gasteiger partial charge in [0.25, 0.3) is 5.69 Å². The summed E-state index contributed by atoms with van der Waals surface area (Å²) in [5.41, 5.74) is -0.528. The maximum atomic E-state index is 11.7. The van der Waals surface area contributed by atoms with E-state index in [4.69, 9.17) is 0 Å². The Hall–Kier alpha value is -2.23. The number of rotatable bonds is 5. The standard InChI is InChI=1S/C16H20N4O5.ClH/c21-6-4-11-3-1-2-5-19(11)9-10-7-12(20(24)25)8-13-14(10)18-16(23)15(22)17-13;/h7-8,11,21H,1-6,9H2,(H,17,22)(H,18,23);1H. The Morgan fingerprint density at radius 1 is 1.23 bits per heavy atom. The van der Waals surface area contributed by atoms with Gasteiger partial charge in [0.2, 0.25) is 0 Å². The number of hydrogen-bond acceptors (Lipinski definition) is 6. The van der Waals surface area contributed by atoms with Crippen LogP contribution in [-0.4, -0.2) is 44.1 Å². The molecule has 0 amide bonds. The smallest absolute Gasteiger partial charge is 0.314 e. The van der Waals surface area contributed by atoms with Crippen molar-refractivity contribution in [2.75, 3.05) is 13.2 Å². The zero-order valence-electron chi connectivity index (χ0n) is 14.1. The van der Waals surface area contributed by atoms with Crippen molar-refractivity contribution in [1.82, 2.24) is 14.9 Å². The number of halogens is 1. The van der Waals surface area contributed by atoms with Gasteiger partial charge in [-0.3, -0.25) is 24.6 Å². The van der Waals surface area contributed by atoms with Gasteiger partial charge in [-0.15, -0.1) is 12.4 Å². The molecule has 0 saturated carbocycles. The Labute approximate surface area is 154 Å². The van der Waals surface area contributed by atoms with Crippen molar-refractivity contribution in [1.29, 1.82) is 0 Å². The SMILES string of the molecule is Cl.O=c1[nH]c2cc([N+](=O)[O-])cc(CN3CCCCC3CCO)c2[nH]c1=O. The molecule has 142 valence electrons. The molecule has 26 heavy (non-hydrogen) atoms. The normalized spacial score (nSPS) is 17.8. The quantitative estimate of drug-likeness (QED) is 0.404. The maximum Gasteiger partial charge on any atom is 0.314 e. The summed E-state index contributed by atoms with van der Waals surface area (Å²) in [5, 5.41) is 20.5. The molecule has 2 heterocycles. The van der Waals surface area contributed by atoms with Gasteiger partial charge in [0.05, 0.1) is 16.0 Å². The summed E-state index contributed by atoms with van der Waals surface area (Å²) in [6.45, 7) is 1.31. The van der Waals surface area contributed by atoms with Crippen molar-refractivity contribution in [3.05, 3.63) is 48.5 Å². The molecular formula is C16H21ClN4O5. The van der Waals surface area contributed by atoms with E-state index in [-0.39, 0.29) is 36.3 Å². The Morgan fingerprint density at radius 2 is 1.96 bits per heavy atom. The third kappa shape index (κ3) is 4.12. The number of likely N-dealkylation sites (tertiary alicyclic amines) is 1. The first kappa shape index (κ1) is 20.1. The lowest BCUT2D eigenvalue weighted by Crippen LogP contribution is -2.39. The monoisotopic (exact) mass is 384 g/mol. The van der Waals surface area contributed by atoms with E-state index >= 15 is 0 Å². The van der Waals surface area contributed by atoms with Gasteiger partial charge in [-0.1, -0.05) is 6.42 Å². The molecule has 0 radical (unpaired) electrons. The van der Waals surface area contributed by atoms with Crippen molar-refractivity contribution in [2.24, 2.45) is 0 Å². The van der Waals surface area contributed by atoms with Gasteiger partial charge in [-0.25, -0.2) is 0 Å². The van der Waals surface area contributed by atoms with Crippen molar-refractivity contribution in [3.8, 4) is 0 Å². The molecular weight excluding hydrogens is 364 g/mol. The number of non-ortho nitro benzene ring substituents is 1. The van der Waals surface area contributed by atoms with E-state index in [1.807, 2.05) is 0 Å². The Kier molecular flexibility index (Phi) is 6.52. The van der Waals surface area contributed by atoms with E-state index in [2.05, 4.69) is 14.9 Å². The number of aliphatic hydroxyl groups is 1. The number of fused-ring (bicyclic) bond motifs is 1. The average molecular weight is 385 g/mol. The zero-order chi connectivity index (χ0) is 18.0. The number of nitrogens with one attached hydrogen (secondary N) is 2. The zero-order valence-corrected chi connectivity index (χ0v) is 14.9. The minimum Gasteiger partial charge on any atom is -0.396 e. The van der Waals surface area contributed by atoms with Crippen molar-refractivity contribution in [2.45, 2.75) is 38.3 Å². The molecule has 1 atom stereocenters. The fraction of sp³-hybridized carbons (Fsp3) is 0.500. The molecule has 1 fully saturated rings. The first-order chi connectivity index (χ1) is 12.0. The van der Waals surface area contributed by atoms with Gasteiger partial charge < -0.3 is 15.1 Å². The number of aliphatic hydroxyl groups excluding tert-OH is 1. The summed E-state index contributed by atoms with van der Waals surface area (Å²) in [4.78, 5) is 41.0. The topological polar surface area (TPSA) is 132 Å². The molecule has 1 aromatic heterocycles. The van der Waals surface area contributed by atoms with E-state index in [9.17, 15) is 24.8 Å². The third-order valence-corrected chi connectivity index (χ3v) is 4.69. The molecule has 2 aromatic rings. The fourth-order valence-corrected chi connectivity index (χ4v) is 3.47. The largest absolute Gasteiger partial charge is 0.396 e. The predicted molar refractivity (Wildman–Crippen MR) is 98.8 cm³/mol. The van der Waals surface area contributed by atoms with E-state index in [0.29, 0.717) is 24.0 Å². The lowest BCUT2D eigenvalue weighted by molar-refractivity contribution is -0.384. The van der Waals surface area contributed by atoms with Crippen molar-refractivity contribution >= 4 is 29.1 Å². The van der Waals surface area contributed by atoms with Crippen molar-refractivity contribution < 1.29 is 10.0 Å². The lowest BCUT2D eigenvalue weighted by Gasteiger charge is -2.35. The summed E-state index contributed by atoms with van der Waals surface area (Å²) in [6.07, 6.45) is 3.70. The highest BCUT2D eigenvalue weighted by Crippen LogP contribution is 2.26. The lowest BCUT2D eigenvalue weighted by atomic mass is 9.98. The molecule has 1 aliphatic rings. The second-order valence-electron chi connectivity index (χ2n) is 6.33.